The molecule has 0 radical (unpaired) electrons. The molecule has 72 valence electrons. The quantitative estimate of drug-likeness (QED) is 0.702. The molecule has 1 aromatic heterocycles. The predicted molar refractivity (Wildman–Crippen MR) is 59.2 cm³/mol. The van der Waals surface area contributed by atoms with Gasteiger partial charge in [-0.25, -0.2) is 0 Å². The van der Waals surface area contributed by atoms with Gasteiger partial charge in [-0.15, -0.1) is 12.4 Å². The number of nitrogens with zero attached hydrogens (tertiary/aromatic N) is 1. The molecule has 0 spiro atoms. The fourth-order valence-electron chi connectivity index (χ4n) is 1.19. The summed E-state index contributed by atoms with van der Waals surface area (Å²) in [6.07, 6.45) is 1.64. The highest BCUT2D eigenvalue weighted by molar-refractivity contribution is 6.67. The van der Waals surface area contributed by atoms with E-state index >= 15 is 0 Å². The Kier molecular flexibility index (Phi) is 3.44. The molecule has 0 aliphatic carbocycles. The molecule has 2 nitrogen and oxygen atoms in total. The first-order valence-corrected chi connectivity index (χ1v) is 4.20. The first-order chi connectivity index (χ1) is 6.27. The molecule has 0 N–H and O–H groups in total. The second kappa shape index (κ2) is 4.40. The first-order valence-electron chi connectivity index (χ1n) is 3.82. The van der Waals surface area contributed by atoms with E-state index in [-0.39, 0.29) is 12.4 Å². The molecule has 0 aliphatic rings. The lowest BCUT2D eigenvalue weighted by atomic mass is 10.1. The molecular formula is C10H7Cl2NO. The molecule has 2 rings (SSSR count). The minimum atomic E-state index is -0.522. The van der Waals surface area contributed by atoms with Gasteiger partial charge < -0.3 is 0 Å². The smallest absolute Gasteiger partial charge is 0.270 e. The monoisotopic (exact) mass is 227 g/mol. The fraction of sp³-hybridized carbons (Fsp3) is 0. The largest absolute Gasteiger partial charge is 0.274 e. The summed E-state index contributed by atoms with van der Waals surface area (Å²) in [5, 5.41) is 1.46. The van der Waals surface area contributed by atoms with Crippen LogP contribution in [-0.4, -0.2) is 10.2 Å². The predicted octanol–water partition coefficient (Wildman–Crippen LogP) is 3.04. The summed E-state index contributed by atoms with van der Waals surface area (Å²) in [5.41, 5.74) is 0.292. The lowest BCUT2D eigenvalue weighted by Gasteiger charge is -1.97. The van der Waals surface area contributed by atoms with Gasteiger partial charge in [0.15, 0.2) is 0 Å². The van der Waals surface area contributed by atoms with E-state index in [4.69, 9.17) is 11.6 Å². The third-order valence-electron chi connectivity index (χ3n) is 1.83. The third kappa shape index (κ3) is 2.03. The summed E-state index contributed by atoms with van der Waals surface area (Å²) in [7, 11) is 0. The first kappa shape index (κ1) is 11.0. The Morgan fingerprint density at radius 2 is 1.86 bits per heavy atom. The normalized spacial score (nSPS) is 9.50. The van der Waals surface area contributed by atoms with Gasteiger partial charge in [-0.1, -0.05) is 24.3 Å². The number of hydrogen-bond donors (Lipinski definition) is 0. The highest BCUT2D eigenvalue weighted by Gasteiger charge is 2.03. The highest BCUT2D eigenvalue weighted by atomic mass is 35.5. The Hall–Kier alpha value is -1.12. The number of carbonyl (C=O) groups is 1. The zero-order chi connectivity index (χ0) is 9.26. The average molecular weight is 228 g/mol. The van der Waals surface area contributed by atoms with Crippen LogP contribution in [0.25, 0.3) is 10.8 Å². The number of halogens is 2. The summed E-state index contributed by atoms with van der Waals surface area (Å²) >= 11 is 5.30. The van der Waals surface area contributed by atoms with Crippen molar-refractivity contribution in [2.24, 2.45) is 0 Å². The van der Waals surface area contributed by atoms with Crippen molar-refractivity contribution in [3.05, 3.63) is 42.2 Å². The van der Waals surface area contributed by atoms with E-state index in [0.29, 0.717) is 5.69 Å². The van der Waals surface area contributed by atoms with Crippen LogP contribution in [0.1, 0.15) is 10.5 Å². The van der Waals surface area contributed by atoms with E-state index < -0.39 is 5.24 Å². The molecule has 0 atom stereocenters. The van der Waals surface area contributed by atoms with Crippen LogP contribution in [0.5, 0.6) is 0 Å². The van der Waals surface area contributed by atoms with Crippen molar-refractivity contribution in [1.82, 2.24) is 4.98 Å². The van der Waals surface area contributed by atoms with E-state index in [0.717, 1.165) is 10.8 Å². The number of fused-ring (bicyclic) bond motifs is 1. The molecule has 4 heteroatoms. The van der Waals surface area contributed by atoms with Crippen LogP contribution < -0.4 is 0 Å². The second-order valence-electron chi connectivity index (χ2n) is 2.69. The summed E-state index contributed by atoms with van der Waals surface area (Å²) in [6.45, 7) is 0. The van der Waals surface area contributed by atoms with Crippen LogP contribution in [0.4, 0.5) is 0 Å². The standard InChI is InChI=1S/C10H6ClNO.ClH/c11-10(13)9-5-7-3-1-2-4-8(7)6-12-9;/h1-6H;1H. The lowest BCUT2D eigenvalue weighted by molar-refractivity contribution is 0.107. The van der Waals surface area contributed by atoms with Crippen LogP contribution in [0.15, 0.2) is 36.5 Å². The van der Waals surface area contributed by atoms with Crippen LogP contribution in [0.3, 0.4) is 0 Å². The number of pyridine rings is 1. The molecular weight excluding hydrogens is 221 g/mol. The summed E-state index contributed by atoms with van der Waals surface area (Å²) in [6, 6.07) is 9.37. The van der Waals surface area contributed by atoms with E-state index in [1.165, 1.54) is 0 Å². The maximum absolute atomic E-state index is 10.8. The SMILES string of the molecule is Cl.O=C(Cl)c1cc2ccccc2cn1. The molecule has 2 aromatic rings. The van der Waals surface area contributed by atoms with Crippen molar-refractivity contribution >= 4 is 40.0 Å². The molecule has 0 unspecified atom stereocenters. The van der Waals surface area contributed by atoms with Gasteiger partial charge in [0.2, 0.25) is 0 Å². The maximum Gasteiger partial charge on any atom is 0.270 e. The van der Waals surface area contributed by atoms with Crippen molar-refractivity contribution in [2.45, 2.75) is 0 Å². The van der Waals surface area contributed by atoms with Gasteiger partial charge in [0.25, 0.3) is 5.24 Å². The van der Waals surface area contributed by atoms with E-state index in [9.17, 15) is 4.79 Å². The topological polar surface area (TPSA) is 30.0 Å². The molecule has 0 saturated heterocycles. The third-order valence-corrected chi connectivity index (χ3v) is 2.03. The summed E-state index contributed by atoms with van der Waals surface area (Å²) in [5.74, 6) is 0. The molecule has 1 aromatic carbocycles. The molecule has 14 heavy (non-hydrogen) atoms. The van der Waals surface area contributed by atoms with Crippen LogP contribution in [-0.2, 0) is 0 Å². The van der Waals surface area contributed by atoms with E-state index in [1.807, 2.05) is 24.3 Å². The summed E-state index contributed by atoms with van der Waals surface area (Å²) in [4.78, 5) is 14.7. The zero-order valence-electron chi connectivity index (χ0n) is 7.11. The fourth-order valence-corrected chi connectivity index (χ4v) is 1.29. The van der Waals surface area contributed by atoms with E-state index in [2.05, 4.69) is 4.98 Å². The van der Waals surface area contributed by atoms with Gasteiger partial charge >= 0.3 is 0 Å². The second-order valence-corrected chi connectivity index (χ2v) is 3.03. The number of aromatic nitrogens is 1. The Morgan fingerprint density at radius 1 is 1.21 bits per heavy atom. The van der Waals surface area contributed by atoms with Crippen LogP contribution in [0, 0.1) is 0 Å². The molecule has 1 heterocycles. The Bertz CT molecular complexity index is 470. The minimum absolute atomic E-state index is 0. The van der Waals surface area contributed by atoms with Gasteiger partial charge in [-0.3, -0.25) is 9.78 Å². The Labute approximate surface area is 92.3 Å². The zero-order valence-corrected chi connectivity index (χ0v) is 8.68. The van der Waals surface area contributed by atoms with Gasteiger partial charge in [0, 0.05) is 11.6 Å². The van der Waals surface area contributed by atoms with Gasteiger partial charge in [0.1, 0.15) is 5.69 Å². The highest BCUT2D eigenvalue weighted by Crippen LogP contribution is 2.14. The van der Waals surface area contributed by atoms with Crippen molar-refractivity contribution in [3.8, 4) is 0 Å². The van der Waals surface area contributed by atoms with E-state index in [1.54, 1.807) is 12.3 Å². The van der Waals surface area contributed by atoms with Gasteiger partial charge in [-0.2, -0.15) is 0 Å². The Balaban J connectivity index is 0.000000980. The Morgan fingerprint density at radius 3 is 2.50 bits per heavy atom. The molecule has 0 aliphatic heterocycles. The molecule has 0 saturated carbocycles. The van der Waals surface area contributed by atoms with Gasteiger partial charge in [0.05, 0.1) is 0 Å². The molecule has 0 amide bonds. The number of hydrogen-bond acceptors (Lipinski definition) is 2. The van der Waals surface area contributed by atoms with Crippen molar-refractivity contribution in [2.75, 3.05) is 0 Å². The lowest BCUT2D eigenvalue weighted by Crippen LogP contribution is -1.92. The van der Waals surface area contributed by atoms with Crippen molar-refractivity contribution < 1.29 is 4.79 Å². The number of rotatable bonds is 1. The molecule has 0 bridgehead atoms. The number of carbonyl (C=O) groups excluding carboxylic acids is 1. The van der Waals surface area contributed by atoms with Crippen LogP contribution >= 0.6 is 24.0 Å². The maximum atomic E-state index is 10.8. The molecule has 0 fully saturated rings. The minimum Gasteiger partial charge on any atom is -0.274 e. The number of benzene rings is 1. The van der Waals surface area contributed by atoms with Crippen molar-refractivity contribution in [3.63, 3.8) is 0 Å². The van der Waals surface area contributed by atoms with Crippen molar-refractivity contribution in [1.29, 1.82) is 0 Å². The van der Waals surface area contributed by atoms with Crippen LogP contribution in [0.2, 0.25) is 0 Å². The summed E-state index contributed by atoms with van der Waals surface area (Å²) < 4.78 is 0. The van der Waals surface area contributed by atoms with Gasteiger partial charge in [-0.05, 0) is 23.1 Å². The average Bonchev–Trinajstić information content (AvgIpc) is 2.17.